The lowest BCUT2D eigenvalue weighted by atomic mass is 9.87. The molecule has 2 heterocycles. The lowest BCUT2D eigenvalue weighted by molar-refractivity contribution is 1.18. The molecule has 1 aliphatic rings. The van der Waals surface area contributed by atoms with E-state index < -0.39 is 0 Å². The van der Waals surface area contributed by atoms with Crippen LogP contribution in [0.2, 0.25) is 0 Å². The molecule has 59 heavy (non-hydrogen) atoms. The Morgan fingerprint density at radius 1 is 0.407 bits per heavy atom. The fraction of sp³-hybridized carbons (Fsp3) is 0. The number of hydrogen-bond acceptors (Lipinski definition) is 6. The largest absolute Gasteiger partial charge is 0.299 e. The molecule has 1 aliphatic carbocycles. The molecule has 2 aromatic heterocycles. The third-order valence-electron chi connectivity index (χ3n) is 10.8. The Balaban J connectivity index is 1.11. The van der Waals surface area contributed by atoms with Gasteiger partial charge in [0.2, 0.25) is 0 Å². The summed E-state index contributed by atoms with van der Waals surface area (Å²) in [6.45, 7) is 0. The average Bonchev–Trinajstić information content (AvgIpc) is 3.32. The minimum Gasteiger partial charge on any atom is -0.299 e. The zero-order valence-electron chi connectivity index (χ0n) is 31.8. The number of hydrogen-bond donors (Lipinski definition) is 2. The van der Waals surface area contributed by atoms with Crippen LogP contribution in [0, 0.1) is 5.41 Å². The van der Waals surface area contributed by atoms with E-state index in [1.807, 2.05) is 36.4 Å². The van der Waals surface area contributed by atoms with Gasteiger partial charge in [0.25, 0.3) is 0 Å². The van der Waals surface area contributed by atoms with Gasteiger partial charge in [-0.15, -0.1) is 0 Å². The maximum Gasteiger partial charge on any atom is 0.160 e. The van der Waals surface area contributed by atoms with Gasteiger partial charge in [-0.25, -0.2) is 19.3 Å². The highest BCUT2D eigenvalue weighted by Crippen LogP contribution is 2.38. The predicted molar refractivity (Wildman–Crippen MR) is 248 cm³/mol. The van der Waals surface area contributed by atoms with Crippen molar-refractivity contribution >= 4 is 41.2 Å². The number of pyridine rings is 1. The first-order valence-corrected chi connectivity index (χ1v) is 19.8. The second kappa shape index (κ2) is 15.4. The monoisotopic (exact) mass is 773 g/mol. The van der Waals surface area contributed by atoms with Gasteiger partial charge in [-0.05, 0) is 88.7 Å². The van der Waals surface area contributed by atoms with Crippen molar-refractivity contribution in [2.24, 2.45) is 4.40 Å². The highest BCUT2D eigenvalue weighted by atomic mass is 32.1. The maximum atomic E-state index is 8.65. The number of aromatic nitrogens is 3. The molecule has 5 nitrogen and oxygen atoms in total. The molecular weight excluding hydrogens is 739 g/mol. The molecule has 0 fully saturated rings. The summed E-state index contributed by atoms with van der Waals surface area (Å²) < 4.78 is 4.27. The number of benzene rings is 7. The van der Waals surface area contributed by atoms with E-state index in [1.165, 1.54) is 0 Å². The van der Waals surface area contributed by atoms with E-state index >= 15 is 0 Å². The van der Waals surface area contributed by atoms with Crippen molar-refractivity contribution in [2.45, 2.75) is 0 Å². The summed E-state index contributed by atoms with van der Waals surface area (Å²) in [5.41, 5.74) is 16.4. The number of fused-ring (bicyclic) bond motifs is 3. The zero-order chi connectivity index (χ0) is 39.7. The third-order valence-corrected chi connectivity index (χ3v) is 11.0. The second-order valence-electron chi connectivity index (χ2n) is 14.5. The number of thiol groups is 1. The van der Waals surface area contributed by atoms with Gasteiger partial charge in [0.15, 0.2) is 5.82 Å². The Morgan fingerprint density at radius 3 is 1.46 bits per heavy atom. The van der Waals surface area contributed by atoms with Gasteiger partial charge in [0.1, 0.15) is 5.71 Å². The topological polar surface area (TPSA) is 74.9 Å². The van der Waals surface area contributed by atoms with Crippen LogP contribution in [-0.2, 0) is 0 Å². The van der Waals surface area contributed by atoms with Gasteiger partial charge in [0, 0.05) is 38.8 Å². The van der Waals surface area contributed by atoms with Gasteiger partial charge >= 0.3 is 0 Å². The second-order valence-corrected chi connectivity index (χ2v) is 14.7. The lowest BCUT2D eigenvalue weighted by Crippen LogP contribution is -2.18. The summed E-state index contributed by atoms with van der Waals surface area (Å²) in [4.78, 5) is 15.7. The van der Waals surface area contributed by atoms with E-state index in [4.69, 9.17) is 20.4 Å². The van der Waals surface area contributed by atoms with Crippen molar-refractivity contribution in [2.75, 3.05) is 0 Å². The Labute approximate surface area is 348 Å². The Kier molecular flexibility index (Phi) is 9.37. The summed E-state index contributed by atoms with van der Waals surface area (Å²) in [7, 11) is 0. The molecule has 0 spiro atoms. The van der Waals surface area contributed by atoms with E-state index in [1.54, 1.807) is 6.08 Å². The first-order chi connectivity index (χ1) is 29.1. The molecular formula is C53H35N5S. The minimum atomic E-state index is 0.318. The highest BCUT2D eigenvalue weighted by molar-refractivity contribution is 7.79. The minimum absolute atomic E-state index is 0.318. The average molecular weight is 774 g/mol. The Morgan fingerprint density at radius 2 is 0.881 bits per heavy atom. The molecule has 6 heteroatoms. The molecule has 0 amide bonds. The van der Waals surface area contributed by atoms with Crippen molar-refractivity contribution in [3.05, 3.63) is 205 Å². The standard InChI is InChI=1S/C53H35N5S/c54-46-28-27-45-50(52(46)58-59)44-26-25-40(32-49(44)55-51(45)36-17-8-3-9-18-36)39-21-11-23-42(30-39)48-33-47(41-22-10-19-37(29-41)34-13-4-1-5-14-34)56-53(57-48)43-24-12-20-38(31-43)35-15-6-2-7-16-35/h1-33,54,59H/b54-46?,58-52+. The molecule has 278 valence electrons. The van der Waals surface area contributed by atoms with Crippen LogP contribution < -0.4 is 0 Å². The van der Waals surface area contributed by atoms with Crippen molar-refractivity contribution in [1.29, 1.82) is 5.41 Å². The van der Waals surface area contributed by atoms with Crippen LogP contribution in [0.25, 0.3) is 95.5 Å². The number of allylic oxidation sites excluding steroid dienone is 1. The Hall–Kier alpha value is -7.54. The van der Waals surface area contributed by atoms with Crippen LogP contribution in [0.4, 0.5) is 0 Å². The van der Waals surface area contributed by atoms with Crippen LogP contribution in [0.3, 0.4) is 0 Å². The molecule has 0 aliphatic heterocycles. The van der Waals surface area contributed by atoms with Crippen molar-refractivity contribution in [1.82, 2.24) is 15.0 Å². The zero-order valence-corrected chi connectivity index (χ0v) is 32.7. The van der Waals surface area contributed by atoms with E-state index in [0.717, 1.165) is 94.7 Å². The highest BCUT2D eigenvalue weighted by Gasteiger charge is 2.24. The molecule has 7 aromatic carbocycles. The molecule has 0 saturated heterocycles. The quantitative estimate of drug-likeness (QED) is 0.158. The molecule has 1 N–H and O–H groups in total. The summed E-state index contributed by atoms with van der Waals surface area (Å²) in [5.74, 6) is 0.653. The molecule has 0 atom stereocenters. The van der Waals surface area contributed by atoms with Crippen LogP contribution >= 0.6 is 12.8 Å². The molecule has 10 rings (SSSR count). The summed E-state index contributed by atoms with van der Waals surface area (Å²) in [5, 5.41) is 9.57. The molecule has 9 aromatic rings. The van der Waals surface area contributed by atoms with Gasteiger partial charge in [-0.1, -0.05) is 158 Å². The SMILES string of the molecule is N=C1C=Cc2c(-c3ccccc3)nc3cc(-c4cccc(-c5cc(-c6cccc(-c7ccccc7)c6)nc(-c6cccc(-c7ccccc7)c6)n5)c4)ccc3c2/C1=N/S. The molecule has 0 radical (unpaired) electrons. The normalized spacial score (nSPS) is 12.8. The predicted octanol–water partition coefficient (Wildman–Crippen LogP) is 13.4. The van der Waals surface area contributed by atoms with Gasteiger partial charge in [-0.2, -0.15) is 0 Å². The summed E-state index contributed by atoms with van der Waals surface area (Å²) >= 11 is 4.30. The summed E-state index contributed by atoms with van der Waals surface area (Å²) in [6, 6.07) is 64.9. The van der Waals surface area contributed by atoms with E-state index in [9.17, 15) is 0 Å². The lowest BCUT2D eigenvalue weighted by Gasteiger charge is -2.20. The van der Waals surface area contributed by atoms with Crippen molar-refractivity contribution < 1.29 is 0 Å². The van der Waals surface area contributed by atoms with Gasteiger partial charge in [0.05, 0.1) is 28.3 Å². The number of nitrogens with zero attached hydrogens (tertiary/aromatic N) is 4. The fourth-order valence-electron chi connectivity index (χ4n) is 7.86. The van der Waals surface area contributed by atoms with E-state index in [0.29, 0.717) is 17.2 Å². The van der Waals surface area contributed by atoms with Crippen LogP contribution in [0.1, 0.15) is 11.1 Å². The number of nitrogens with one attached hydrogen (secondary N) is 1. The van der Waals surface area contributed by atoms with Crippen molar-refractivity contribution in [3.8, 4) is 78.5 Å². The Bertz CT molecular complexity index is 3020. The molecule has 0 saturated carbocycles. The third kappa shape index (κ3) is 6.96. The van der Waals surface area contributed by atoms with Crippen molar-refractivity contribution in [3.63, 3.8) is 0 Å². The molecule has 0 unspecified atom stereocenters. The fourth-order valence-corrected chi connectivity index (χ4v) is 8.07. The van der Waals surface area contributed by atoms with Crippen LogP contribution in [-0.4, -0.2) is 26.4 Å². The number of rotatable bonds is 7. The first-order valence-electron chi connectivity index (χ1n) is 19.4. The van der Waals surface area contributed by atoms with E-state index in [2.05, 4.69) is 175 Å². The maximum absolute atomic E-state index is 8.65. The van der Waals surface area contributed by atoms with Gasteiger partial charge in [-0.3, -0.25) is 5.41 Å². The van der Waals surface area contributed by atoms with Crippen LogP contribution in [0.5, 0.6) is 0 Å². The first kappa shape index (κ1) is 35.8. The smallest absolute Gasteiger partial charge is 0.160 e. The van der Waals surface area contributed by atoms with E-state index in [-0.39, 0.29) is 0 Å². The summed E-state index contributed by atoms with van der Waals surface area (Å²) in [6.07, 6.45) is 3.73. The van der Waals surface area contributed by atoms with Crippen LogP contribution in [0.15, 0.2) is 199 Å². The van der Waals surface area contributed by atoms with Gasteiger partial charge < -0.3 is 0 Å². The molecule has 0 bridgehead atoms.